The van der Waals surface area contributed by atoms with Crippen LogP contribution in [0.1, 0.15) is 21.5 Å². The smallest absolute Gasteiger partial charge is 0.307 e. The Labute approximate surface area is 122 Å². The van der Waals surface area contributed by atoms with Crippen LogP contribution in [0.3, 0.4) is 0 Å². The molecule has 0 fully saturated rings. The third-order valence-electron chi connectivity index (χ3n) is 3.73. The van der Waals surface area contributed by atoms with Crippen LogP contribution in [0, 0.1) is 0 Å². The summed E-state index contributed by atoms with van der Waals surface area (Å²) in [5, 5.41) is 8.97. The van der Waals surface area contributed by atoms with Crippen LogP contribution in [0.5, 0.6) is 0 Å². The monoisotopic (exact) mass is 281 g/mol. The number of benzene rings is 2. The molecule has 0 spiro atoms. The number of hydrogen-bond donors (Lipinski definition) is 1. The number of carboxylic acids is 1. The van der Waals surface area contributed by atoms with Gasteiger partial charge in [0, 0.05) is 17.8 Å². The fourth-order valence-corrected chi connectivity index (χ4v) is 2.78. The standard InChI is InChI=1S/C17H15NO3/c19-16(20)11-13-7-4-8-15-14(13)9-10-18(15)17(21)12-5-2-1-3-6-12/h1-8H,9-11H2,(H,19,20). The van der Waals surface area contributed by atoms with Gasteiger partial charge in [0.25, 0.3) is 5.91 Å². The van der Waals surface area contributed by atoms with E-state index in [-0.39, 0.29) is 12.3 Å². The summed E-state index contributed by atoms with van der Waals surface area (Å²) in [6.45, 7) is 0.597. The first-order chi connectivity index (χ1) is 10.2. The Morgan fingerprint density at radius 2 is 1.81 bits per heavy atom. The number of carbonyl (C=O) groups excluding carboxylic acids is 1. The molecule has 1 heterocycles. The average molecular weight is 281 g/mol. The van der Waals surface area contributed by atoms with Gasteiger partial charge in [0.15, 0.2) is 0 Å². The molecule has 3 rings (SSSR count). The van der Waals surface area contributed by atoms with Crippen LogP contribution in [-0.2, 0) is 17.6 Å². The van der Waals surface area contributed by atoms with Crippen LogP contribution in [0.4, 0.5) is 5.69 Å². The normalized spacial score (nSPS) is 13.0. The molecule has 0 aliphatic carbocycles. The fraction of sp³-hybridized carbons (Fsp3) is 0.176. The van der Waals surface area contributed by atoms with Crippen molar-refractivity contribution in [1.82, 2.24) is 0 Å². The molecule has 1 aliphatic heterocycles. The van der Waals surface area contributed by atoms with Gasteiger partial charge in [0.05, 0.1) is 6.42 Å². The summed E-state index contributed by atoms with van der Waals surface area (Å²) in [6, 6.07) is 14.7. The molecule has 4 nitrogen and oxygen atoms in total. The predicted molar refractivity (Wildman–Crippen MR) is 79.6 cm³/mol. The highest BCUT2D eigenvalue weighted by atomic mass is 16.4. The van der Waals surface area contributed by atoms with E-state index in [1.54, 1.807) is 17.0 Å². The summed E-state index contributed by atoms with van der Waals surface area (Å²) in [5.74, 6) is -0.891. The molecule has 0 radical (unpaired) electrons. The summed E-state index contributed by atoms with van der Waals surface area (Å²) in [4.78, 5) is 25.2. The van der Waals surface area contributed by atoms with Crippen molar-refractivity contribution in [2.24, 2.45) is 0 Å². The van der Waals surface area contributed by atoms with Gasteiger partial charge in [0.2, 0.25) is 0 Å². The molecule has 0 unspecified atom stereocenters. The van der Waals surface area contributed by atoms with E-state index in [0.717, 1.165) is 16.8 Å². The Balaban J connectivity index is 1.94. The van der Waals surface area contributed by atoms with Crippen LogP contribution in [0.25, 0.3) is 0 Å². The molecule has 21 heavy (non-hydrogen) atoms. The van der Waals surface area contributed by atoms with E-state index in [2.05, 4.69) is 0 Å². The maximum absolute atomic E-state index is 12.6. The number of carboxylic acid groups (broad SMARTS) is 1. The molecule has 0 atom stereocenters. The second-order valence-electron chi connectivity index (χ2n) is 5.06. The van der Waals surface area contributed by atoms with Gasteiger partial charge in [-0.25, -0.2) is 0 Å². The first-order valence-corrected chi connectivity index (χ1v) is 6.86. The van der Waals surface area contributed by atoms with Gasteiger partial charge in [-0.1, -0.05) is 30.3 Å². The number of rotatable bonds is 3. The lowest BCUT2D eigenvalue weighted by molar-refractivity contribution is -0.136. The predicted octanol–water partition coefficient (Wildman–Crippen LogP) is 2.52. The quantitative estimate of drug-likeness (QED) is 0.940. The van der Waals surface area contributed by atoms with Crippen LogP contribution in [0.15, 0.2) is 48.5 Å². The summed E-state index contributed by atoms with van der Waals surface area (Å²) in [6.07, 6.45) is 0.702. The number of amides is 1. The van der Waals surface area contributed by atoms with Crippen molar-refractivity contribution in [2.45, 2.75) is 12.8 Å². The van der Waals surface area contributed by atoms with Crippen LogP contribution >= 0.6 is 0 Å². The third kappa shape index (κ3) is 2.52. The Bertz CT molecular complexity index is 694. The van der Waals surface area contributed by atoms with Gasteiger partial charge in [-0.2, -0.15) is 0 Å². The van der Waals surface area contributed by atoms with Crippen molar-refractivity contribution >= 4 is 17.6 Å². The molecule has 0 aromatic heterocycles. The van der Waals surface area contributed by atoms with Crippen LogP contribution in [-0.4, -0.2) is 23.5 Å². The minimum atomic E-state index is -0.851. The first kappa shape index (κ1) is 13.4. The molecule has 1 aliphatic rings. The zero-order chi connectivity index (χ0) is 14.8. The van der Waals surface area contributed by atoms with Crippen molar-refractivity contribution in [3.05, 3.63) is 65.2 Å². The Morgan fingerprint density at radius 1 is 1.05 bits per heavy atom. The molecule has 0 saturated carbocycles. The highest BCUT2D eigenvalue weighted by Crippen LogP contribution is 2.32. The van der Waals surface area contributed by atoms with Crippen molar-refractivity contribution in [2.75, 3.05) is 11.4 Å². The summed E-state index contributed by atoms with van der Waals surface area (Å²) >= 11 is 0. The second-order valence-corrected chi connectivity index (χ2v) is 5.06. The summed E-state index contributed by atoms with van der Waals surface area (Å²) < 4.78 is 0. The van der Waals surface area contributed by atoms with E-state index < -0.39 is 5.97 Å². The number of aliphatic carboxylic acids is 1. The van der Waals surface area contributed by atoms with E-state index in [0.29, 0.717) is 18.5 Å². The molecular formula is C17H15NO3. The van der Waals surface area contributed by atoms with Gasteiger partial charge in [0.1, 0.15) is 0 Å². The van der Waals surface area contributed by atoms with E-state index in [1.807, 2.05) is 36.4 Å². The summed E-state index contributed by atoms with van der Waals surface area (Å²) in [7, 11) is 0. The molecular weight excluding hydrogens is 266 g/mol. The number of hydrogen-bond acceptors (Lipinski definition) is 2. The third-order valence-corrected chi connectivity index (χ3v) is 3.73. The Hall–Kier alpha value is -2.62. The molecule has 0 saturated heterocycles. The average Bonchev–Trinajstić information content (AvgIpc) is 2.92. The number of fused-ring (bicyclic) bond motifs is 1. The van der Waals surface area contributed by atoms with Crippen molar-refractivity contribution in [3.63, 3.8) is 0 Å². The first-order valence-electron chi connectivity index (χ1n) is 6.86. The largest absolute Gasteiger partial charge is 0.481 e. The van der Waals surface area contributed by atoms with Crippen LogP contribution in [0.2, 0.25) is 0 Å². The molecule has 2 aromatic carbocycles. The number of carbonyl (C=O) groups is 2. The Kier molecular flexibility index (Phi) is 3.44. The molecule has 1 N–H and O–H groups in total. The number of nitrogens with zero attached hydrogens (tertiary/aromatic N) is 1. The maximum Gasteiger partial charge on any atom is 0.307 e. The zero-order valence-corrected chi connectivity index (χ0v) is 11.5. The lowest BCUT2D eigenvalue weighted by Gasteiger charge is -2.17. The van der Waals surface area contributed by atoms with Gasteiger partial charge in [-0.05, 0) is 35.7 Å². The molecule has 1 amide bonds. The van der Waals surface area contributed by atoms with Gasteiger partial charge < -0.3 is 10.0 Å². The summed E-state index contributed by atoms with van der Waals surface area (Å²) in [5.41, 5.74) is 3.25. The molecule has 106 valence electrons. The van der Waals surface area contributed by atoms with Crippen molar-refractivity contribution in [1.29, 1.82) is 0 Å². The maximum atomic E-state index is 12.6. The molecule has 0 bridgehead atoms. The molecule has 2 aromatic rings. The van der Waals surface area contributed by atoms with Crippen molar-refractivity contribution in [3.8, 4) is 0 Å². The topological polar surface area (TPSA) is 57.6 Å². The minimum absolute atomic E-state index is 0.00343. The highest BCUT2D eigenvalue weighted by Gasteiger charge is 2.27. The van der Waals surface area contributed by atoms with Gasteiger partial charge in [-0.3, -0.25) is 9.59 Å². The lowest BCUT2D eigenvalue weighted by atomic mass is 10.0. The van der Waals surface area contributed by atoms with Gasteiger partial charge in [-0.15, -0.1) is 0 Å². The second kappa shape index (κ2) is 5.40. The van der Waals surface area contributed by atoms with E-state index >= 15 is 0 Å². The zero-order valence-electron chi connectivity index (χ0n) is 11.5. The highest BCUT2D eigenvalue weighted by molar-refractivity contribution is 6.07. The number of anilines is 1. The van der Waals surface area contributed by atoms with Gasteiger partial charge >= 0.3 is 5.97 Å². The van der Waals surface area contributed by atoms with Crippen molar-refractivity contribution < 1.29 is 14.7 Å². The fourth-order valence-electron chi connectivity index (χ4n) is 2.78. The van der Waals surface area contributed by atoms with E-state index in [9.17, 15) is 9.59 Å². The Morgan fingerprint density at radius 3 is 2.52 bits per heavy atom. The van der Waals surface area contributed by atoms with E-state index in [4.69, 9.17) is 5.11 Å². The molecule has 4 heteroatoms. The lowest BCUT2D eigenvalue weighted by Crippen LogP contribution is -2.28. The SMILES string of the molecule is O=C(O)Cc1cccc2c1CCN2C(=O)c1ccccc1. The minimum Gasteiger partial charge on any atom is -0.481 e. The van der Waals surface area contributed by atoms with E-state index in [1.165, 1.54) is 0 Å². The van der Waals surface area contributed by atoms with Crippen LogP contribution < -0.4 is 4.90 Å².